The van der Waals surface area contributed by atoms with Crippen LogP contribution in [-0.4, -0.2) is 6.04 Å². The summed E-state index contributed by atoms with van der Waals surface area (Å²) in [6, 6.07) is 3.63. The van der Waals surface area contributed by atoms with Crippen LogP contribution in [-0.2, 0) is 6.42 Å². The molecule has 0 aliphatic heterocycles. The van der Waals surface area contributed by atoms with Gasteiger partial charge in [0, 0.05) is 6.04 Å². The van der Waals surface area contributed by atoms with E-state index in [-0.39, 0.29) is 17.3 Å². The quantitative estimate of drug-likeness (QED) is 0.616. The SMILES string of the molecule is CC(C)CC1(C(Cc2cc(F)ccc2F)NN)CCCC1. The Labute approximate surface area is 126 Å². The predicted octanol–water partition coefficient (Wildman–Crippen LogP) is 3.95. The molecular formula is C17H26F2N2. The van der Waals surface area contributed by atoms with E-state index in [0.29, 0.717) is 17.9 Å². The number of nitrogens with two attached hydrogens (primary N) is 1. The van der Waals surface area contributed by atoms with Gasteiger partial charge in [-0.1, -0.05) is 26.7 Å². The Morgan fingerprint density at radius 3 is 2.48 bits per heavy atom. The fourth-order valence-electron chi connectivity index (χ4n) is 3.96. The summed E-state index contributed by atoms with van der Waals surface area (Å²) >= 11 is 0. The van der Waals surface area contributed by atoms with Crippen molar-refractivity contribution in [1.29, 1.82) is 0 Å². The number of hydrogen-bond donors (Lipinski definition) is 2. The van der Waals surface area contributed by atoms with Gasteiger partial charge in [0.15, 0.2) is 0 Å². The average molecular weight is 296 g/mol. The fraction of sp³-hybridized carbons (Fsp3) is 0.647. The van der Waals surface area contributed by atoms with Crippen molar-refractivity contribution in [3.63, 3.8) is 0 Å². The van der Waals surface area contributed by atoms with E-state index < -0.39 is 5.82 Å². The molecule has 118 valence electrons. The summed E-state index contributed by atoms with van der Waals surface area (Å²) in [7, 11) is 0. The van der Waals surface area contributed by atoms with Crippen molar-refractivity contribution in [3.05, 3.63) is 35.4 Å². The minimum atomic E-state index is -0.397. The molecule has 0 saturated heterocycles. The summed E-state index contributed by atoms with van der Waals surface area (Å²) < 4.78 is 27.3. The second kappa shape index (κ2) is 6.84. The maximum atomic E-state index is 13.9. The van der Waals surface area contributed by atoms with Crippen LogP contribution in [0.15, 0.2) is 18.2 Å². The van der Waals surface area contributed by atoms with E-state index in [0.717, 1.165) is 25.3 Å². The van der Waals surface area contributed by atoms with Crippen LogP contribution < -0.4 is 11.3 Å². The van der Waals surface area contributed by atoms with Gasteiger partial charge in [0.25, 0.3) is 0 Å². The fourth-order valence-corrected chi connectivity index (χ4v) is 3.96. The smallest absolute Gasteiger partial charge is 0.126 e. The maximum absolute atomic E-state index is 13.9. The second-order valence-corrected chi connectivity index (χ2v) is 6.83. The van der Waals surface area contributed by atoms with Gasteiger partial charge in [0.1, 0.15) is 11.6 Å². The van der Waals surface area contributed by atoms with Crippen LogP contribution in [0, 0.1) is 23.0 Å². The molecule has 2 nitrogen and oxygen atoms in total. The van der Waals surface area contributed by atoms with Crippen LogP contribution >= 0.6 is 0 Å². The predicted molar refractivity (Wildman–Crippen MR) is 81.5 cm³/mol. The monoisotopic (exact) mass is 296 g/mol. The first-order chi connectivity index (χ1) is 9.97. The molecule has 1 aliphatic rings. The normalized spacial score (nSPS) is 19.1. The van der Waals surface area contributed by atoms with E-state index >= 15 is 0 Å². The standard InChI is InChI=1S/C17H26F2N2/c1-12(2)11-17(7-3-4-8-17)16(21-20)10-13-9-14(18)5-6-15(13)19/h5-6,9,12,16,21H,3-4,7-8,10-11,20H2,1-2H3. The zero-order valence-corrected chi connectivity index (χ0v) is 13.0. The number of halogens is 2. The lowest BCUT2D eigenvalue weighted by molar-refractivity contribution is 0.153. The average Bonchev–Trinajstić information content (AvgIpc) is 2.88. The molecule has 4 heteroatoms. The third kappa shape index (κ3) is 3.80. The lowest BCUT2D eigenvalue weighted by Crippen LogP contribution is -2.49. The molecule has 0 heterocycles. The molecule has 0 bridgehead atoms. The molecule has 1 aromatic carbocycles. The van der Waals surface area contributed by atoms with E-state index in [1.165, 1.54) is 25.0 Å². The number of benzene rings is 1. The second-order valence-electron chi connectivity index (χ2n) is 6.83. The minimum absolute atomic E-state index is 0.0151. The molecule has 2 rings (SSSR count). The lowest BCUT2D eigenvalue weighted by atomic mass is 9.71. The van der Waals surface area contributed by atoms with Gasteiger partial charge < -0.3 is 0 Å². The molecule has 1 atom stereocenters. The van der Waals surface area contributed by atoms with Crippen molar-refractivity contribution >= 4 is 0 Å². The van der Waals surface area contributed by atoms with E-state index in [1.54, 1.807) is 0 Å². The van der Waals surface area contributed by atoms with Gasteiger partial charge in [-0.25, -0.2) is 8.78 Å². The Morgan fingerprint density at radius 1 is 1.24 bits per heavy atom. The van der Waals surface area contributed by atoms with Gasteiger partial charge in [0.05, 0.1) is 0 Å². The van der Waals surface area contributed by atoms with Crippen molar-refractivity contribution < 1.29 is 8.78 Å². The van der Waals surface area contributed by atoms with E-state index in [1.807, 2.05) is 0 Å². The first-order valence-corrected chi connectivity index (χ1v) is 7.87. The number of nitrogens with one attached hydrogen (secondary N) is 1. The number of hydrogen-bond acceptors (Lipinski definition) is 2. The van der Waals surface area contributed by atoms with Crippen LogP contribution in [0.4, 0.5) is 8.78 Å². The zero-order chi connectivity index (χ0) is 15.5. The first kappa shape index (κ1) is 16.4. The molecule has 0 aromatic heterocycles. The third-order valence-corrected chi connectivity index (χ3v) is 4.79. The van der Waals surface area contributed by atoms with Crippen molar-refractivity contribution in [1.82, 2.24) is 5.43 Å². The van der Waals surface area contributed by atoms with E-state index in [9.17, 15) is 8.78 Å². The van der Waals surface area contributed by atoms with Crippen LogP contribution in [0.1, 0.15) is 51.5 Å². The van der Waals surface area contributed by atoms with Crippen LogP contribution in [0.2, 0.25) is 0 Å². The molecular weight excluding hydrogens is 270 g/mol. The highest BCUT2D eigenvalue weighted by molar-refractivity contribution is 5.20. The summed E-state index contributed by atoms with van der Waals surface area (Å²) in [6.45, 7) is 4.41. The Balaban J connectivity index is 2.22. The Bertz CT molecular complexity index is 468. The number of rotatable bonds is 6. The van der Waals surface area contributed by atoms with E-state index in [4.69, 9.17) is 5.84 Å². The topological polar surface area (TPSA) is 38.0 Å². The molecule has 0 amide bonds. The van der Waals surface area contributed by atoms with Crippen LogP contribution in [0.3, 0.4) is 0 Å². The summed E-state index contributed by atoms with van der Waals surface area (Å²) in [6.07, 6.45) is 6.10. The molecule has 0 spiro atoms. The Hall–Kier alpha value is -1.00. The molecule has 1 fully saturated rings. The molecule has 3 N–H and O–H groups in total. The molecule has 0 radical (unpaired) electrons. The highest BCUT2D eigenvalue weighted by atomic mass is 19.1. The Kier molecular flexibility index (Phi) is 5.33. The van der Waals surface area contributed by atoms with Gasteiger partial charge in [0.2, 0.25) is 0 Å². The molecule has 21 heavy (non-hydrogen) atoms. The van der Waals surface area contributed by atoms with Crippen molar-refractivity contribution in [3.8, 4) is 0 Å². The van der Waals surface area contributed by atoms with E-state index in [2.05, 4.69) is 19.3 Å². The highest BCUT2D eigenvalue weighted by Gasteiger charge is 2.41. The van der Waals surface area contributed by atoms with Gasteiger partial charge in [-0.15, -0.1) is 0 Å². The summed E-state index contributed by atoms with van der Waals surface area (Å²) in [4.78, 5) is 0. The lowest BCUT2D eigenvalue weighted by Gasteiger charge is -2.39. The molecule has 1 saturated carbocycles. The summed E-state index contributed by atoms with van der Waals surface area (Å²) in [5.41, 5.74) is 3.41. The number of hydrazine groups is 1. The van der Waals surface area contributed by atoms with Gasteiger partial charge >= 0.3 is 0 Å². The molecule has 1 aromatic rings. The van der Waals surface area contributed by atoms with Crippen molar-refractivity contribution in [2.24, 2.45) is 17.2 Å². The maximum Gasteiger partial charge on any atom is 0.126 e. The van der Waals surface area contributed by atoms with Crippen LogP contribution in [0.25, 0.3) is 0 Å². The summed E-state index contributed by atoms with van der Waals surface area (Å²) in [5, 5.41) is 0. The third-order valence-electron chi connectivity index (χ3n) is 4.79. The molecule has 1 unspecified atom stereocenters. The van der Waals surface area contributed by atoms with Crippen LogP contribution in [0.5, 0.6) is 0 Å². The largest absolute Gasteiger partial charge is 0.271 e. The zero-order valence-electron chi connectivity index (χ0n) is 13.0. The van der Waals surface area contributed by atoms with Gasteiger partial charge in [-0.3, -0.25) is 11.3 Å². The van der Waals surface area contributed by atoms with Gasteiger partial charge in [-0.05, 0) is 60.8 Å². The highest BCUT2D eigenvalue weighted by Crippen LogP contribution is 2.46. The van der Waals surface area contributed by atoms with Crippen molar-refractivity contribution in [2.45, 2.75) is 58.4 Å². The Morgan fingerprint density at radius 2 is 1.90 bits per heavy atom. The minimum Gasteiger partial charge on any atom is -0.271 e. The molecule has 1 aliphatic carbocycles. The first-order valence-electron chi connectivity index (χ1n) is 7.87. The van der Waals surface area contributed by atoms with Crippen molar-refractivity contribution in [2.75, 3.05) is 0 Å². The van der Waals surface area contributed by atoms with Gasteiger partial charge in [-0.2, -0.15) is 0 Å². The summed E-state index contributed by atoms with van der Waals surface area (Å²) in [5.74, 6) is 5.60.